The molecule has 6 nitrogen and oxygen atoms in total. The fourth-order valence-corrected chi connectivity index (χ4v) is 5.72. The van der Waals surface area contributed by atoms with Crippen LogP contribution >= 0.6 is 0 Å². The predicted octanol–water partition coefficient (Wildman–Crippen LogP) is 1.65. The highest BCUT2D eigenvalue weighted by Gasteiger charge is 2.52. The topological polar surface area (TPSA) is 67.8 Å². The number of amides is 1. The molecule has 1 aromatic carbocycles. The minimum Gasteiger partial charge on any atom is -0.389 e. The highest BCUT2D eigenvalue weighted by Crippen LogP contribution is 2.47. The van der Waals surface area contributed by atoms with Crippen LogP contribution in [0.2, 0.25) is 0 Å². The summed E-state index contributed by atoms with van der Waals surface area (Å²) in [5, 5.41) is 17.3. The van der Waals surface area contributed by atoms with Gasteiger partial charge in [-0.1, -0.05) is 30.3 Å². The Labute approximate surface area is 174 Å². The van der Waals surface area contributed by atoms with Gasteiger partial charge in [-0.05, 0) is 57.6 Å². The van der Waals surface area contributed by atoms with Gasteiger partial charge in [0.1, 0.15) is 0 Å². The van der Waals surface area contributed by atoms with Gasteiger partial charge in [-0.2, -0.15) is 0 Å². The number of carbonyl (C=O) groups excluding carboxylic acids is 1. The molecule has 0 bridgehead atoms. The van der Waals surface area contributed by atoms with E-state index >= 15 is 0 Å². The molecule has 1 spiro atoms. The zero-order valence-corrected chi connectivity index (χ0v) is 17.9. The summed E-state index contributed by atoms with van der Waals surface area (Å²) >= 11 is 0. The molecule has 29 heavy (non-hydrogen) atoms. The van der Waals surface area contributed by atoms with Crippen molar-refractivity contribution in [1.29, 1.82) is 0 Å². The second-order valence-electron chi connectivity index (χ2n) is 9.50. The Morgan fingerprint density at radius 2 is 1.76 bits per heavy atom. The number of nitrogens with zero attached hydrogens (tertiary/aromatic N) is 2. The summed E-state index contributed by atoms with van der Waals surface area (Å²) in [6.07, 6.45) is 7.20. The van der Waals surface area contributed by atoms with Crippen molar-refractivity contribution in [3.8, 4) is 0 Å². The first-order valence-electron chi connectivity index (χ1n) is 11.1. The maximum absolute atomic E-state index is 12.0. The predicted molar refractivity (Wildman–Crippen MR) is 114 cm³/mol. The van der Waals surface area contributed by atoms with Crippen molar-refractivity contribution < 1.29 is 9.90 Å². The molecule has 1 amide bonds. The molecule has 0 radical (unpaired) electrons. The molecule has 6 heteroatoms. The van der Waals surface area contributed by atoms with Gasteiger partial charge in [0.15, 0.2) is 0 Å². The van der Waals surface area contributed by atoms with Crippen LogP contribution in [0.25, 0.3) is 0 Å². The van der Waals surface area contributed by atoms with E-state index in [-0.39, 0.29) is 17.0 Å². The lowest BCUT2D eigenvalue weighted by molar-refractivity contribution is -0.121. The molecule has 0 aromatic heterocycles. The smallest absolute Gasteiger partial charge is 0.233 e. The summed E-state index contributed by atoms with van der Waals surface area (Å²) in [4.78, 5) is 16.8. The summed E-state index contributed by atoms with van der Waals surface area (Å²) in [6.45, 7) is 2.84. The summed E-state index contributed by atoms with van der Waals surface area (Å²) in [5.74, 6) is 0.0639. The van der Waals surface area contributed by atoms with Gasteiger partial charge in [-0.3, -0.25) is 14.6 Å². The molecule has 3 fully saturated rings. The number of likely N-dealkylation sites (N-methyl/N-ethyl adjacent to an activating group) is 1. The molecule has 1 aliphatic heterocycles. The number of β-amino-alcohol motifs (C(OH)–C–C–N with tert-alkyl or cyclic N) is 1. The van der Waals surface area contributed by atoms with E-state index in [9.17, 15) is 9.90 Å². The van der Waals surface area contributed by atoms with Crippen LogP contribution in [0.5, 0.6) is 0 Å². The summed E-state index contributed by atoms with van der Waals surface area (Å²) in [7, 11) is 3.77. The van der Waals surface area contributed by atoms with Crippen molar-refractivity contribution in [1.82, 2.24) is 20.4 Å². The Bertz CT molecular complexity index is 711. The number of hydrogen-bond acceptors (Lipinski definition) is 5. The van der Waals surface area contributed by atoms with Crippen LogP contribution in [-0.4, -0.2) is 72.4 Å². The Balaban J connectivity index is 1.53. The van der Waals surface area contributed by atoms with Gasteiger partial charge < -0.3 is 15.7 Å². The van der Waals surface area contributed by atoms with Crippen molar-refractivity contribution in [2.75, 3.05) is 40.4 Å². The Kier molecular flexibility index (Phi) is 5.73. The van der Waals surface area contributed by atoms with Crippen molar-refractivity contribution in [3.05, 3.63) is 35.9 Å². The standard InChI is InChI=1S/C23H36N4O2/c1-24-20(28)15-26-16-21(27(18-26)17-22(29)9-6-10-22)11-13-23(25-2,14-12-21)19-7-4-3-5-8-19/h3-5,7-8,25,29H,6,9-18H2,1-2H3,(H,24,28)/t21-,23+. The van der Waals surface area contributed by atoms with Crippen LogP contribution in [0.4, 0.5) is 0 Å². The number of aliphatic hydroxyl groups is 1. The lowest BCUT2D eigenvalue weighted by atomic mass is 9.68. The minimum absolute atomic E-state index is 0.0137. The third-order valence-corrected chi connectivity index (χ3v) is 7.81. The molecule has 1 saturated heterocycles. The first-order chi connectivity index (χ1) is 13.9. The molecule has 2 saturated carbocycles. The Hall–Kier alpha value is -1.47. The van der Waals surface area contributed by atoms with E-state index in [0.717, 1.165) is 64.7 Å². The number of nitrogens with one attached hydrogen (secondary N) is 2. The third kappa shape index (κ3) is 3.96. The van der Waals surface area contributed by atoms with Crippen molar-refractivity contribution in [2.24, 2.45) is 0 Å². The van der Waals surface area contributed by atoms with Crippen LogP contribution < -0.4 is 10.6 Å². The molecule has 1 heterocycles. The highest BCUT2D eigenvalue weighted by atomic mass is 16.3. The lowest BCUT2D eigenvalue weighted by Gasteiger charge is -2.51. The van der Waals surface area contributed by atoms with Crippen LogP contribution in [0.15, 0.2) is 30.3 Å². The van der Waals surface area contributed by atoms with Crippen LogP contribution in [0.1, 0.15) is 50.5 Å². The van der Waals surface area contributed by atoms with E-state index in [2.05, 4.69) is 57.8 Å². The van der Waals surface area contributed by atoms with E-state index in [4.69, 9.17) is 0 Å². The quantitative estimate of drug-likeness (QED) is 0.678. The molecule has 3 N–H and O–H groups in total. The number of rotatable bonds is 6. The maximum Gasteiger partial charge on any atom is 0.233 e. The Morgan fingerprint density at radius 1 is 1.07 bits per heavy atom. The average molecular weight is 401 g/mol. The van der Waals surface area contributed by atoms with Gasteiger partial charge in [0.05, 0.1) is 18.8 Å². The SMILES string of the molecule is CNC(=O)CN1CN(CC2(O)CCC2)[C@]2(CC[C@](NC)(c3ccccc3)CC2)C1. The van der Waals surface area contributed by atoms with Gasteiger partial charge in [0.25, 0.3) is 0 Å². The second-order valence-corrected chi connectivity index (χ2v) is 9.50. The van der Waals surface area contributed by atoms with Gasteiger partial charge >= 0.3 is 0 Å². The fourth-order valence-electron chi connectivity index (χ4n) is 5.72. The Morgan fingerprint density at radius 3 is 2.31 bits per heavy atom. The zero-order chi connectivity index (χ0) is 20.5. The van der Waals surface area contributed by atoms with Crippen LogP contribution in [0.3, 0.4) is 0 Å². The first-order valence-corrected chi connectivity index (χ1v) is 11.1. The summed E-state index contributed by atoms with van der Waals surface area (Å²) in [5.41, 5.74) is 0.892. The lowest BCUT2D eigenvalue weighted by Crippen LogP contribution is -2.58. The van der Waals surface area contributed by atoms with E-state index in [1.54, 1.807) is 7.05 Å². The first kappa shape index (κ1) is 20.8. The molecular formula is C23H36N4O2. The van der Waals surface area contributed by atoms with Crippen LogP contribution in [-0.2, 0) is 10.3 Å². The van der Waals surface area contributed by atoms with Crippen molar-refractivity contribution in [2.45, 2.75) is 61.6 Å². The third-order valence-electron chi connectivity index (χ3n) is 7.81. The molecule has 4 rings (SSSR count). The van der Waals surface area contributed by atoms with Crippen LogP contribution in [0, 0.1) is 0 Å². The van der Waals surface area contributed by atoms with Gasteiger partial charge in [0.2, 0.25) is 5.91 Å². The monoisotopic (exact) mass is 400 g/mol. The summed E-state index contributed by atoms with van der Waals surface area (Å²) in [6, 6.07) is 10.8. The fraction of sp³-hybridized carbons (Fsp3) is 0.696. The van der Waals surface area contributed by atoms with E-state index < -0.39 is 5.60 Å². The molecule has 1 aromatic rings. The van der Waals surface area contributed by atoms with Gasteiger partial charge in [0, 0.05) is 31.2 Å². The largest absolute Gasteiger partial charge is 0.389 e. The van der Waals surface area contributed by atoms with Gasteiger partial charge in [-0.15, -0.1) is 0 Å². The number of hydrogen-bond donors (Lipinski definition) is 3. The molecule has 0 atom stereocenters. The average Bonchev–Trinajstić information content (AvgIpc) is 3.04. The summed E-state index contributed by atoms with van der Waals surface area (Å²) < 4.78 is 0. The van der Waals surface area contributed by atoms with E-state index in [0.29, 0.717) is 6.54 Å². The normalized spacial score (nSPS) is 32.2. The molecular weight excluding hydrogens is 364 g/mol. The van der Waals surface area contributed by atoms with E-state index in [1.165, 1.54) is 5.56 Å². The molecule has 3 aliphatic rings. The molecule has 2 aliphatic carbocycles. The number of carbonyl (C=O) groups is 1. The van der Waals surface area contributed by atoms with E-state index in [1.807, 2.05) is 0 Å². The van der Waals surface area contributed by atoms with Crippen molar-refractivity contribution >= 4 is 5.91 Å². The van der Waals surface area contributed by atoms with Crippen molar-refractivity contribution in [3.63, 3.8) is 0 Å². The second kappa shape index (κ2) is 7.99. The molecule has 160 valence electrons. The maximum atomic E-state index is 12.0. The zero-order valence-electron chi connectivity index (χ0n) is 17.9. The van der Waals surface area contributed by atoms with Gasteiger partial charge in [-0.25, -0.2) is 0 Å². The minimum atomic E-state index is -0.535. The highest BCUT2D eigenvalue weighted by molar-refractivity contribution is 5.77. The molecule has 0 unspecified atom stereocenters. The number of benzene rings is 1.